The van der Waals surface area contributed by atoms with Crippen LogP contribution in [0.15, 0.2) is 0 Å². The number of sulfonamides is 1. The van der Waals surface area contributed by atoms with Crippen LogP contribution in [0.3, 0.4) is 0 Å². The molecule has 18 heavy (non-hydrogen) atoms. The number of rotatable bonds is 7. The average molecular weight is 279 g/mol. The van der Waals surface area contributed by atoms with Crippen LogP contribution in [0.2, 0.25) is 0 Å². The number of nitrogens with one attached hydrogen (secondary N) is 1. The second kappa shape index (κ2) is 6.84. The number of aliphatic hydroxyl groups is 1. The zero-order chi connectivity index (χ0) is 13.6. The van der Waals surface area contributed by atoms with Gasteiger partial charge in [-0.25, -0.2) is 13.1 Å². The molecule has 0 saturated heterocycles. The molecule has 108 valence electrons. The van der Waals surface area contributed by atoms with Gasteiger partial charge in [0.15, 0.2) is 0 Å². The molecule has 1 saturated carbocycles. The largest absolute Gasteiger partial charge is 0.389 e. The molecule has 5 nitrogen and oxygen atoms in total. The third-order valence-corrected chi connectivity index (χ3v) is 5.08. The summed E-state index contributed by atoms with van der Waals surface area (Å²) in [7, 11) is -1.87. The highest BCUT2D eigenvalue weighted by atomic mass is 32.2. The van der Waals surface area contributed by atoms with Gasteiger partial charge in [0, 0.05) is 13.7 Å². The predicted octanol–water partition coefficient (Wildman–Crippen LogP) is 0.883. The van der Waals surface area contributed by atoms with Gasteiger partial charge in [0.2, 0.25) is 10.0 Å². The van der Waals surface area contributed by atoms with Crippen molar-refractivity contribution in [2.45, 2.75) is 44.6 Å². The molecule has 1 aliphatic rings. The lowest BCUT2D eigenvalue weighted by Gasteiger charge is -2.35. The molecule has 0 aromatic heterocycles. The van der Waals surface area contributed by atoms with Crippen LogP contribution >= 0.6 is 0 Å². The van der Waals surface area contributed by atoms with Gasteiger partial charge >= 0.3 is 0 Å². The van der Waals surface area contributed by atoms with Gasteiger partial charge in [0.25, 0.3) is 0 Å². The van der Waals surface area contributed by atoms with E-state index in [-0.39, 0.29) is 18.9 Å². The van der Waals surface area contributed by atoms with Gasteiger partial charge in [-0.05, 0) is 31.6 Å². The molecule has 0 aromatic rings. The number of hydrogen-bond acceptors (Lipinski definition) is 4. The molecule has 0 atom stereocenters. The molecule has 1 aliphatic carbocycles. The van der Waals surface area contributed by atoms with Crippen molar-refractivity contribution in [1.29, 1.82) is 0 Å². The molecule has 1 fully saturated rings. The van der Waals surface area contributed by atoms with E-state index in [1.165, 1.54) is 7.11 Å². The van der Waals surface area contributed by atoms with E-state index >= 15 is 0 Å². The van der Waals surface area contributed by atoms with Gasteiger partial charge in [-0.3, -0.25) is 0 Å². The van der Waals surface area contributed by atoms with Gasteiger partial charge in [-0.15, -0.1) is 0 Å². The molecule has 0 aliphatic heterocycles. The maximum Gasteiger partial charge on any atom is 0.213 e. The second-order valence-corrected chi connectivity index (χ2v) is 7.14. The first-order valence-corrected chi connectivity index (χ1v) is 8.24. The van der Waals surface area contributed by atoms with Gasteiger partial charge in [0.05, 0.1) is 18.0 Å². The van der Waals surface area contributed by atoms with Crippen molar-refractivity contribution < 1.29 is 18.3 Å². The Bertz CT molecular complexity index is 334. The minimum atomic E-state index is -3.34. The summed E-state index contributed by atoms with van der Waals surface area (Å²) in [5.41, 5.74) is -0.869. The molecule has 0 spiro atoms. The van der Waals surface area contributed by atoms with E-state index in [0.717, 1.165) is 19.3 Å². The molecule has 0 amide bonds. The minimum Gasteiger partial charge on any atom is -0.389 e. The third kappa shape index (κ3) is 5.22. The smallest absolute Gasteiger partial charge is 0.213 e. The van der Waals surface area contributed by atoms with Crippen molar-refractivity contribution in [2.24, 2.45) is 5.92 Å². The summed E-state index contributed by atoms with van der Waals surface area (Å²) in [4.78, 5) is 0. The summed E-state index contributed by atoms with van der Waals surface area (Å²) in [6.45, 7) is 2.45. The van der Waals surface area contributed by atoms with E-state index in [4.69, 9.17) is 4.74 Å². The van der Waals surface area contributed by atoms with Crippen molar-refractivity contribution in [3.8, 4) is 0 Å². The van der Waals surface area contributed by atoms with E-state index in [2.05, 4.69) is 11.6 Å². The lowest BCUT2D eigenvalue weighted by molar-refractivity contribution is -0.00445. The highest BCUT2D eigenvalue weighted by Gasteiger charge is 2.33. The zero-order valence-electron chi connectivity index (χ0n) is 11.3. The molecule has 0 heterocycles. The van der Waals surface area contributed by atoms with Crippen LogP contribution in [0.5, 0.6) is 0 Å². The standard InChI is InChI=1S/C12H25NO4S/c1-3-11-4-6-12(14,7-5-11)10-13-18(15,16)9-8-17-2/h11,13-14H,3-10H2,1-2H3. The fourth-order valence-electron chi connectivity index (χ4n) is 2.31. The molecule has 0 bridgehead atoms. The fraction of sp³-hybridized carbons (Fsp3) is 1.00. The molecule has 0 aromatic carbocycles. The Kier molecular flexibility index (Phi) is 6.04. The summed E-state index contributed by atoms with van der Waals surface area (Å²) in [5.74, 6) is 0.618. The number of ether oxygens (including phenoxy) is 1. The lowest BCUT2D eigenvalue weighted by atomic mass is 9.78. The molecular formula is C12H25NO4S. The Balaban J connectivity index is 2.38. The third-order valence-electron chi connectivity index (χ3n) is 3.79. The van der Waals surface area contributed by atoms with Gasteiger partial charge in [-0.2, -0.15) is 0 Å². The summed E-state index contributed by atoms with van der Waals surface area (Å²) in [5, 5.41) is 10.3. The van der Waals surface area contributed by atoms with E-state index in [9.17, 15) is 13.5 Å². The summed E-state index contributed by atoms with van der Waals surface area (Å²) < 4.78 is 30.4. The first-order chi connectivity index (χ1) is 8.41. The minimum absolute atomic E-state index is 0.0584. The zero-order valence-corrected chi connectivity index (χ0v) is 12.1. The first-order valence-electron chi connectivity index (χ1n) is 6.59. The summed E-state index contributed by atoms with van der Waals surface area (Å²) >= 11 is 0. The Hall–Kier alpha value is -0.170. The first kappa shape index (κ1) is 15.9. The Morgan fingerprint density at radius 3 is 2.50 bits per heavy atom. The van der Waals surface area contributed by atoms with Crippen LogP contribution in [0.25, 0.3) is 0 Å². The normalized spacial score (nSPS) is 29.4. The predicted molar refractivity (Wildman–Crippen MR) is 70.9 cm³/mol. The van der Waals surface area contributed by atoms with E-state index < -0.39 is 15.6 Å². The molecule has 6 heteroatoms. The fourth-order valence-corrected chi connectivity index (χ4v) is 3.33. The van der Waals surface area contributed by atoms with Crippen LogP contribution in [0.4, 0.5) is 0 Å². The van der Waals surface area contributed by atoms with Crippen molar-refractivity contribution in [3.63, 3.8) is 0 Å². The summed E-state index contributed by atoms with van der Waals surface area (Å²) in [6, 6.07) is 0. The Morgan fingerprint density at radius 2 is 2.00 bits per heavy atom. The van der Waals surface area contributed by atoms with E-state index in [1.807, 2.05) is 0 Å². The molecular weight excluding hydrogens is 254 g/mol. The topological polar surface area (TPSA) is 75.6 Å². The lowest BCUT2D eigenvalue weighted by Crippen LogP contribution is -2.46. The van der Waals surface area contributed by atoms with Gasteiger partial charge < -0.3 is 9.84 Å². The molecule has 0 radical (unpaired) electrons. The van der Waals surface area contributed by atoms with Crippen LogP contribution < -0.4 is 4.72 Å². The van der Waals surface area contributed by atoms with E-state index in [1.54, 1.807) is 0 Å². The maximum atomic E-state index is 11.6. The quantitative estimate of drug-likeness (QED) is 0.725. The molecule has 0 unspecified atom stereocenters. The van der Waals surface area contributed by atoms with Crippen molar-refractivity contribution >= 4 is 10.0 Å². The average Bonchev–Trinajstić information content (AvgIpc) is 2.36. The second-order valence-electron chi connectivity index (χ2n) is 5.21. The van der Waals surface area contributed by atoms with Crippen molar-refractivity contribution in [2.75, 3.05) is 26.0 Å². The summed E-state index contributed by atoms with van der Waals surface area (Å²) in [6.07, 6.45) is 4.45. The van der Waals surface area contributed by atoms with Crippen LogP contribution in [0.1, 0.15) is 39.0 Å². The van der Waals surface area contributed by atoms with Gasteiger partial charge in [0.1, 0.15) is 0 Å². The van der Waals surface area contributed by atoms with Crippen molar-refractivity contribution in [3.05, 3.63) is 0 Å². The maximum absolute atomic E-state index is 11.6. The highest BCUT2D eigenvalue weighted by Crippen LogP contribution is 2.33. The van der Waals surface area contributed by atoms with Crippen LogP contribution in [0, 0.1) is 5.92 Å². The van der Waals surface area contributed by atoms with E-state index in [0.29, 0.717) is 18.8 Å². The molecule has 2 N–H and O–H groups in total. The highest BCUT2D eigenvalue weighted by molar-refractivity contribution is 7.89. The van der Waals surface area contributed by atoms with Crippen LogP contribution in [-0.4, -0.2) is 45.1 Å². The Labute approximate surface area is 110 Å². The SMILES string of the molecule is CCC1CCC(O)(CNS(=O)(=O)CCOC)CC1. The number of methoxy groups -OCH3 is 1. The monoisotopic (exact) mass is 279 g/mol. The van der Waals surface area contributed by atoms with Crippen LogP contribution in [-0.2, 0) is 14.8 Å². The number of hydrogen-bond donors (Lipinski definition) is 2. The van der Waals surface area contributed by atoms with Crippen molar-refractivity contribution in [1.82, 2.24) is 4.72 Å². The Morgan fingerprint density at radius 1 is 1.39 bits per heavy atom. The molecule has 1 rings (SSSR count). The van der Waals surface area contributed by atoms with Gasteiger partial charge in [-0.1, -0.05) is 13.3 Å².